The van der Waals surface area contributed by atoms with Crippen LogP contribution in [-0.2, 0) is 6.54 Å². The summed E-state index contributed by atoms with van der Waals surface area (Å²) in [5.74, 6) is 0.643. The lowest BCUT2D eigenvalue weighted by Gasteiger charge is -2.09. The number of aromatic hydroxyl groups is 1. The molecule has 0 aliphatic carbocycles. The van der Waals surface area contributed by atoms with Crippen molar-refractivity contribution in [3.63, 3.8) is 0 Å². The summed E-state index contributed by atoms with van der Waals surface area (Å²) in [6.07, 6.45) is 0.663. The highest BCUT2D eigenvalue weighted by molar-refractivity contribution is 6.36. The summed E-state index contributed by atoms with van der Waals surface area (Å²) in [4.78, 5) is 11.0. The van der Waals surface area contributed by atoms with Gasteiger partial charge in [-0.2, -0.15) is 0 Å². The molecule has 1 aromatic heterocycles. The van der Waals surface area contributed by atoms with Crippen molar-refractivity contribution in [1.29, 1.82) is 0 Å². The minimum absolute atomic E-state index is 0.0185. The van der Waals surface area contributed by atoms with Crippen molar-refractivity contribution < 1.29 is 9.84 Å². The Morgan fingerprint density at radius 3 is 2.67 bits per heavy atom. The van der Waals surface area contributed by atoms with Crippen molar-refractivity contribution in [2.24, 2.45) is 5.18 Å². The minimum atomic E-state index is -0.163. The standard InChI is InChI=1S/C18H17ClN2O3/c1-12-6-8-13(9-7-12)24-11-3-10-21-15-5-2-4-14(19)16(15)17(20-23)18(21)22/h2,4-9,22H,3,10-11H2,1H3. The monoisotopic (exact) mass is 344 g/mol. The van der Waals surface area contributed by atoms with E-state index in [1.54, 1.807) is 22.8 Å². The fraction of sp³-hybridized carbons (Fsp3) is 0.222. The van der Waals surface area contributed by atoms with E-state index in [1.807, 2.05) is 31.2 Å². The number of halogens is 1. The first-order chi connectivity index (χ1) is 11.6. The van der Waals surface area contributed by atoms with E-state index in [9.17, 15) is 10.0 Å². The molecule has 0 unspecified atom stereocenters. The quantitative estimate of drug-likeness (QED) is 0.495. The van der Waals surface area contributed by atoms with Gasteiger partial charge in [0.25, 0.3) is 0 Å². The molecule has 0 amide bonds. The number of aryl methyl sites for hydroxylation is 2. The highest BCUT2D eigenvalue weighted by Crippen LogP contribution is 2.42. The lowest BCUT2D eigenvalue weighted by Crippen LogP contribution is -2.04. The molecule has 0 saturated carbocycles. The molecule has 0 radical (unpaired) electrons. The van der Waals surface area contributed by atoms with Crippen molar-refractivity contribution in [1.82, 2.24) is 4.57 Å². The van der Waals surface area contributed by atoms with Crippen LogP contribution >= 0.6 is 11.6 Å². The number of fused-ring (bicyclic) bond motifs is 1. The number of rotatable bonds is 6. The zero-order valence-electron chi connectivity index (χ0n) is 13.2. The van der Waals surface area contributed by atoms with Crippen LogP contribution in [0.4, 0.5) is 5.69 Å². The molecular weight excluding hydrogens is 328 g/mol. The summed E-state index contributed by atoms with van der Waals surface area (Å²) in [5.41, 5.74) is 1.84. The van der Waals surface area contributed by atoms with Crippen molar-refractivity contribution in [3.8, 4) is 11.6 Å². The van der Waals surface area contributed by atoms with E-state index in [-0.39, 0.29) is 11.6 Å². The molecule has 0 saturated heterocycles. The Labute approximate surface area is 144 Å². The van der Waals surface area contributed by atoms with Crippen LogP contribution in [0.5, 0.6) is 11.6 Å². The summed E-state index contributed by atoms with van der Waals surface area (Å²) in [5, 5.41) is 14.1. The molecule has 0 bridgehead atoms. The van der Waals surface area contributed by atoms with E-state index in [2.05, 4.69) is 5.18 Å². The Kier molecular flexibility index (Phi) is 4.71. The van der Waals surface area contributed by atoms with Crippen LogP contribution < -0.4 is 4.74 Å². The van der Waals surface area contributed by atoms with Crippen LogP contribution in [0.1, 0.15) is 12.0 Å². The van der Waals surface area contributed by atoms with Gasteiger partial charge in [-0.05, 0) is 42.8 Å². The topological polar surface area (TPSA) is 63.8 Å². The largest absolute Gasteiger partial charge is 0.494 e. The Hall–Kier alpha value is -2.53. The van der Waals surface area contributed by atoms with Crippen LogP contribution in [0, 0.1) is 11.8 Å². The van der Waals surface area contributed by atoms with Crippen molar-refractivity contribution in [2.75, 3.05) is 6.61 Å². The normalized spacial score (nSPS) is 10.9. The first kappa shape index (κ1) is 16.3. The summed E-state index contributed by atoms with van der Waals surface area (Å²) < 4.78 is 7.32. The van der Waals surface area contributed by atoms with Gasteiger partial charge in [0.2, 0.25) is 5.88 Å². The van der Waals surface area contributed by atoms with Crippen LogP contribution in [0.25, 0.3) is 10.9 Å². The molecule has 6 heteroatoms. The van der Waals surface area contributed by atoms with Gasteiger partial charge < -0.3 is 14.4 Å². The fourth-order valence-electron chi connectivity index (χ4n) is 2.69. The maximum atomic E-state index is 11.0. The number of aromatic nitrogens is 1. The Bertz CT molecular complexity index is 872. The smallest absolute Gasteiger partial charge is 0.222 e. The first-order valence-corrected chi connectivity index (χ1v) is 8.02. The van der Waals surface area contributed by atoms with Gasteiger partial charge in [0.1, 0.15) is 5.75 Å². The second kappa shape index (κ2) is 6.93. The SMILES string of the molecule is Cc1ccc(OCCCn2c(O)c(N=O)c3c(Cl)cccc32)cc1. The molecule has 124 valence electrons. The van der Waals surface area contributed by atoms with E-state index in [0.29, 0.717) is 35.5 Å². The Balaban J connectivity index is 1.73. The molecule has 0 atom stereocenters. The molecule has 5 nitrogen and oxygen atoms in total. The Morgan fingerprint density at radius 2 is 1.96 bits per heavy atom. The number of hydrogen-bond acceptors (Lipinski definition) is 4. The molecule has 0 spiro atoms. The number of ether oxygens (including phenoxy) is 1. The zero-order chi connectivity index (χ0) is 17.1. The summed E-state index contributed by atoms with van der Waals surface area (Å²) in [6.45, 7) is 3.00. The average molecular weight is 345 g/mol. The predicted octanol–water partition coefficient (Wildman–Crippen LogP) is 5.18. The highest BCUT2D eigenvalue weighted by Gasteiger charge is 2.19. The lowest BCUT2D eigenvalue weighted by molar-refractivity contribution is 0.298. The summed E-state index contributed by atoms with van der Waals surface area (Å²) in [7, 11) is 0. The van der Waals surface area contributed by atoms with Gasteiger partial charge in [0, 0.05) is 6.54 Å². The molecule has 24 heavy (non-hydrogen) atoms. The second-order valence-corrected chi connectivity index (χ2v) is 5.97. The third-order valence-electron chi connectivity index (χ3n) is 3.89. The number of nitrogens with zero attached hydrogens (tertiary/aromatic N) is 2. The highest BCUT2D eigenvalue weighted by atomic mass is 35.5. The zero-order valence-corrected chi connectivity index (χ0v) is 14.0. The van der Waals surface area contributed by atoms with Crippen molar-refractivity contribution in [2.45, 2.75) is 19.9 Å². The van der Waals surface area contributed by atoms with Crippen LogP contribution in [0.2, 0.25) is 5.02 Å². The van der Waals surface area contributed by atoms with Crippen LogP contribution in [0.15, 0.2) is 47.6 Å². The minimum Gasteiger partial charge on any atom is -0.494 e. The van der Waals surface area contributed by atoms with E-state index < -0.39 is 0 Å². The first-order valence-electron chi connectivity index (χ1n) is 7.64. The molecule has 2 aromatic carbocycles. The Morgan fingerprint density at radius 1 is 1.21 bits per heavy atom. The molecular formula is C18H17ClN2O3. The van der Waals surface area contributed by atoms with E-state index in [4.69, 9.17) is 16.3 Å². The molecule has 1 N–H and O–H groups in total. The third-order valence-corrected chi connectivity index (χ3v) is 4.21. The van der Waals surface area contributed by atoms with E-state index in [0.717, 1.165) is 5.75 Å². The third kappa shape index (κ3) is 3.08. The second-order valence-electron chi connectivity index (χ2n) is 5.56. The lowest BCUT2D eigenvalue weighted by atomic mass is 10.2. The van der Waals surface area contributed by atoms with Gasteiger partial charge >= 0.3 is 0 Å². The molecule has 3 rings (SSSR count). The van der Waals surface area contributed by atoms with Crippen molar-refractivity contribution in [3.05, 3.63) is 58.0 Å². The van der Waals surface area contributed by atoms with Gasteiger partial charge in [-0.25, -0.2) is 0 Å². The van der Waals surface area contributed by atoms with Gasteiger partial charge in [-0.1, -0.05) is 35.4 Å². The van der Waals surface area contributed by atoms with Crippen molar-refractivity contribution >= 4 is 28.2 Å². The summed E-state index contributed by atoms with van der Waals surface area (Å²) >= 11 is 6.13. The molecule has 1 heterocycles. The fourth-order valence-corrected chi connectivity index (χ4v) is 2.94. The van der Waals surface area contributed by atoms with Gasteiger partial charge in [-0.15, -0.1) is 4.91 Å². The molecule has 0 aliphatic heterocycles. The maximum Gasteiger partial charge on any atom is 0.222 e. The van der Waals surface area contributed by atoms with Gasteiger partial charge in [0.05, 0.1) is 22.5 Å². The number of nitroso groups, excluding NO2 is 1. The van der Waals surface area contributed by atoms with Crippen LogP contribution in [0.3, 0.4) is 0 Å². The average Bonchev–Trinajstić information content (AvgIpc) is 2.86. The number of benzene rings is 2. The predicted molar refractivity (Wildman–Crippen MR) is 95.4 cm³/mol. The van der Waals surface area contributed by atoms with Crippen LogP contribution in [-0.4, -0.2) is 16.3 Å². The maximum absolute atomic E-state index is 11.0. The number of hydrogen-bond donors (Lipinski definition) is 1. The van der Waals surface area contributed by atoms with E-state index >= 15 is 0 Å². The van der Waals surface area contributed by atoms with Gasteiger partial charge in [-0.3, -0.25) is 0 Å². The molecule has 3 aromatic rings. The van der Waals surface area contributed by atoms with Gasteiger partial charge in [0.15, 0.2) is 5.69 Å². The van der Waals surface area contributed by atoms with E-state index in [1.165, 1.54) is 5.56 Å². The molecule has 0 fully saturated rings. The molecule has 0 aliphatic rings. The summed E-state index contributed by atoms with van der Waals surface area (Å²) in [6, 6.07) is 13.1.